The van der Waals surface area contributed by atoms with E-state index < -0.39 is 47.4 Å². The molecule has 10 nitrogen and oxygen atoms in total. The number of furan rings is 1. The number of nitro groups is 1. The Hall–Kier alpha value is -3.96. The van der Waals surface area contributed by atoms with Crippen LogP contribution in [0.3, 0.4) is 0 Å². The van der Waals surface area contributed by atoms with Gasteiger partial charge in [0.1, 0.15) is 11.5 Å². The normalized spacial score (nSPS) is 12.2. The minimum atomic E-state index is -4.63. The van der Waals surface area contributed by atoms with Gasteiger partial charge in [0.2, 0.25) is 5.71 Å². The number of esters is 1. The molecule has 15 heteroatoms. The van der Waals surface area contributed by atoms with Gasteiger partial charge in [-0.15, -0.1) is 4.62 Å². The largest absolute Gasteiger partial charge is 0.629 e. The fourth-order valence-electron chi connectivity index (χ4n) is 2.96. The maximum atomic E-state index is 12.9. The van der Waals surface area contributed by atoms with Gasteiger partial charge in [-0.05, 0) is 46.5 Å². The lowest BCUT2D eigenvalue weighted by Crippen LogP contribution is -2.17. The molecule has 1 unspecified atom stereocenters. The number of alkyl halides is 3. The van der Waals surface area contributed by atoms with Crippen molar-refractivity contribution < 1.29 is 46.0 Å². The van der Waals surface area contributed by atoms with Crippen LogP contribution < -0.4 is 10.0 Å². The number of benzene rings is 2. The average molecular weight is 560 g/mol. The van der Waals surface area contributed by atoms with Crippen molar-refractivity contribution in [3.8, 4) is 11.5 Å². The highest BCUT2D eigenvalue weighted by Gasteiger charge is 2.38. The van der Waals surface area contributed by atoms with E-state index in [9.17, 15) is 32.6 Å². The maximum Gasteiger partial charge on any atom is 0.629 e. The summed E-state index contributed by atoms with van der Waals surface area (Å²) in [5.74, 6) is -1.31. The summed E-state index contributed by atoms with van der Waals surface area (Å²) in [6.45, 7) is 1.65. The van der Waals surface area contributed by atoms with E-state index in [4.69, 9.17) is 25.4 Å². The molecule has 1 atom stereocenters. The van der Waals surface area contributed by atoms with Crippen LogP contribution >= 0.6 is 19.6 Å². The molecule has 0 spiro atoms. The summed E-state index contributed by atoms with van der Waals surface area (Å²) < 4.78 is 71.9. The van der Waals surface area contributed by atoms with Crippen molar-refractivity contribution >= 4 is 42.3 Å². The maximum absolute atomic E-state index is 12.9. The van der Waals surface area contributed by atoms with Gasteiger partial charge in [0.25, 0.3) is 0 Å². The zero-order valence-electron chi connectivity index (χ0n) is 18.9. The number of aryl methyl sites for hydroxylation is 1. The van der Waals surface area contributed by atoms with Gasteiger partial charge in [0, 0.05) is 17.7 Å². The van der Waals surface area contributed by atoms with Crippen LogP contribution in [0.4, 0.5) is 18.9 Å². The number of hydrogen-bond acceptors (Lipinski definition) is 9. The van der Waals surface area contributed by atoms with Gasteiger partial charge in [0.05, 0.1) is 28.9 Å². The van der Waals surface area contributed by atoms with E-state index in [1.165, 1.54) is 18.4 Å². The van der Waals surface area contributed by atoms with Crippen LogP contribution in [0.1, 0.15) is 23.8 Å². The molecule has 0 radical (unpaired) electrons. The van der Waals surface area contributed by atoms with E-state index in [0.29, 0.717) is 6.07 Å². The molecule has 0 fully saturated rings. The number of nitro benzene ring substituents is 1. The van der Waals surface area contributed by atoms with Crippen molar-refractivity contribution in [2.75, 3.05) is 7.11 Å². The zero-order valence-corrected chi connectivity index (χ0v) is 20.6. The Labute approximate surface area is 212 Å². The van der Waals surface area contributed by atoms with Gasteiger partial charge in [-0.3, -0.25) is 10.1 Å². The Kier molecular flexibility index (Phi) is 8.51. The minimum Gasteiger partial charge on any atom is -0.464 e. The van der Waals surface area contributed by atoms with E-state index >= 15 is 0 Å². The monoisotopic (exact) mass is 559 g/mol. The van der Waals surface area contributed by atoms with Crippen LogP contribution in [0.2, 0.25) is 5.02 Å². The third-order valence-corrected chi connectivity index (χ3v) is 6.03. The lowest BCUT2D eigenvalue weighted by atomic mass is 10.1. The Bertz CT molecular complexity index is 1380. The van der Waals surface area contributed by atoms with Crippen molar-refractivity contribution in [1.29, 1.82) is 0 Å². The van der Waals surface area contributed by atoms with Crippen LogP contribution in [0.25, 0.3) is 0 Å². The second-order valence-corrected chi connectivity index (χ2v) is 8.62. The first-order valence-electron chi connectivity index (χ1n) is 10.2. The first-order chi connectivity index (χ1) is 17.5. The fourth-order valence-corrected chi connectivity index (χ4v) is 3.98. The number of ether oxygens (including phenoxy) is 2. The number of hydrogen-bond donors (Lipinski definition) is 0. The number of methoxy groups -OCH3 is 1. The molecule has 0 N–H and O–H groups in total. The Balaban J connectivity index is 2.01. The van der Waals surface area contributed by atoms with Crippen molar-refractivity contribution in [2.24, 2.45) is 5.16 Å². The summed E-state index contributed by atoms with van der Waals surface area (Å²) in [6, 6.07) is 7.30. The van der Waals surface area contributed by atoms with Crippen molar-refractivity contribution in [3.05, 3.63) is 80.8 Å². The second-order valence-electron chi connectivity index (χ2n) is 7.05. The summed E-state index contributed by atoms with van der Waals surface area (Å²) in [5.41, 5.74) is -1.82. The van der Waals surface area contributed by atoms with Gasteiger partial charge in [0.15, 0.2) is 5.76 Å². The Morgan fingerprint density at radius 1 is 1.22 bits per heavy atom. The molecule has 0 aliphatic heterocycles. The summed E-state index contributed by atoms with van der Waals surface area (Å²) in [6.07, 6.45) is -3.19. The van der Waals surface area contributed by atoms with Crippen LogP contribution in [0, 0.1) is 10.1 Å². The first-order valence-corrected chi connectivity index (χ1v) is 11.7. The molecule has 1 heterocycles. The van der Waals surface area contributed by atoms with Crippen molar-refractivity contribution in [1.82, 2.24) is 0 Å². The standard InChI is InChI=1S/C22H16ClF3N2O8P/c1-3-12-9-15(28(30)31)19(37(32)36-27-20(21(29)33-2)17-5-4-8-34-17)11-18(12)35-16-7-6-13(10-14(16)23)22(24,25)26/h4-11H,3H2,1-2H3/q+1. The molecule has 1 aromatic heterocycles. The number of carbonyl (C=O) groups excluding carboxylic acids is 1. The van der Waals surface area contributed by atoms with Gasteiger partial charge in [-0.1, -0.05) is 18.5 Å². The quantitative estimate of drug-likeness (QED) is 0.0999. The van der Waals surface area contributed by atoms with Crippen molar-refractivity contribution in [2.45, 2.75) is 19.5 Å². The van der Waals surface area contributed by atoms with Crippen molar-refractivity contribution in [3.63, 3.8) is 0 Å². The van der Waals surface area contributed by atoms with Crippen LogP contribution in [-0.2, 0) is 31.3 Å². The zero-order chi connectivity index (χ0) is 27.3. The Morgan fingerprint density at radius 3 is 2.49 bits per heavy atom. The molecule has 37 heavy (non-hydrogen) atoms. The van der Waals surface area contributed by atoms with Gasteiger partial charge < -0.3 is 13.9 Å². The smallest absolute Gasteiger partial charge is 0.464 e. The van der Waals surface area contributed by atoms with Crippen LogP contribution in [0.5, 0.6) is 11.5 Å². The highest BCUT2D eigenvalue weighted by Crippen LogP contribution is 2.39. The predicted octanol–water partition coefficient (Wildman–Crippen LogP) is 6.18. The summed E-state index contributed by atoms with van der Waals surface area (Å²) in [7, 11) is -2.03. The molecule has 3 aromatic rings. The number of oxime groups is 1. The predicted molar refractivity (Wildman–Crippen MR) is 125 cm³/mol. The summed E-state index contributed by atoms with van der Waals surface area (Å²) in [4.78, 5) is 22.8. The average Bonchev–Trinajstić information content (AvgIpc) is 3.38. The molecule has 2 aromatic carbocycles. The van der Waals surface area contributed by atoms with E-state index in [-0.39, 0.29) is 34.3 Å². The van der Waals surface area contributed by atoms with E-state index in [2.05, 4.69) is 9.89 Å². The molecular formula is C22H16ClF3N2O8P+. The number of halogens is 4. The molecule has 194 valence electrons. The molecule has 3 rings (SSSR count). The highest BCUT2D eigenvalue weighted by molar-refractivity contribution is 7.48. The molecule has 0 aliphatic carbocycles. The molecule has 0 saturated carbocycles. The topological polar surface area (TPSA) is 130 Å². The van der Waals surface area contributed by atoms with E-state index in [1.54, 1.807) is 6.92 Å². The van der Waals surface area contributed by atoms with Crippen LogP contribution in [0.15, 0.2) is 58.3 Å². The molecule has 0 amide bonds. The lowest BCUT2D eigenvalue weighted by molar-refractivity contribution is -0.383. The van der Waals surface area contributed by atoms with Crippen LogP contribution in [-0.4, -0.2) is 23.7 Å². The second kappa shape index (κ2) is 11.4. The SMILES string of the molecule is CCc1cc([N+](=O)[O-])c([P+](=O)ON=C(C(=O)OC)c2ccco2)cc1Oc1ccc(C(F)(F)F)cc1Cl. The first kappa shape index (κ1) is 27.6. The van der Waals surface area contributed by atoms with E-state index in [1.807, 2.05) is 0 Å². The molecule has 0 bridgehead atoms. The number of rotatable bonds is 9. The Morgan fingerprint density at radius 2 is 1.95 bits per heavy atom. The number of nitrogens with zero attached hydrogens (tertiary/aromatic N) is 2. The lowest BCUT2D eigenvalue weighted by Gasteiger charge is -2.13. The summed E-state index contributed by atoms with van der Waals surface area (Å²) in [5, 5.41) is 14.3. The molecule has 0 saturated heterocycles. The van der Waals surface area contributed by atoms with Gasteiger partial charge in [-0.25, -0.2) is 4.79 Å². The van der Waals surface area contributed by atoms with E-state index in [0.717, 1.165) is 31.4 Å². The highest BCUT2D eigenvalue weighted by atomic mass is 35.5. The minimum absolute atomic E-state index is 0.0695. The van der Waals surface area contributed by atoms with Gasteiger partial charge in [-0.2, -0.15) is 13.2 Å². The third-order valence-electron chi connectivity index (χ3n) is 4.75. The molecular weight excluding hydrogens is 544 g/mol. The fraction of sp³-hybridized carbons (Fsp3) is 0.182. The number of carbonyl (C=O) groups is 1. The third kappa shape index (κ3) is 6.43. The summed E-state index contributed by atoms with van der Waals surface area (Å²) >= 11 is 5.96. The molecule has 0 aliphatic rings. The van der Waals surface area contributed by atoms with Gasteiger partial charge >= 0.3 is 31.2 Å².